The van der Waals surface area contributed by atoms with E-state index in [0.717, 1.165) is 61.5 Å². The average molecular weight is 576 g/mol. The third kappa shape index (κ3) is 5.30. The van der Waals surface area contributed by atoms with Gasteiger partial charge >= 0.3 is 0 Å². The molecule has 2 N–H and O–H groups in total. The highest BCUT2D eigenvalue weighted by Gasteiger charge is 2.22. The lowest BCUT2D eigenvalue weighted by atomic mass is 9.79. The molecule has 2 aliphatic heterocycles. The molecule has 218 valence electrons. The van der Waals surface area contributed by atoms with E-state index in [2.05, 4.69) is 135 Å². The molecule has 0 spiro atoms. The smallest absolute Gasteiger partial charge is 0.0737 e. The van der Waals surface area contributed by atoms with E-state index in [9.17, 15) is 0 Å². The van der Waals surface area contributed by atoms with Crippen molar-refractivity contribution in [1.29, 1.82) is 0 Å². The molecule has 0 saturated carbocycles. The molecule has 1 aromatic carbocycles. The van der Waals surface area contributed by atoms with E-state index in [-0.39, 0.29) is 10.8 Å². The first-order chi connectivity index (χ1) is 21.0. The Kier molecular flexibility index (Phi) is 6.51. The zero-order chi connectivity index (χ0) is 30.6. The largest absolute Gasteiger partial charge is 0.355 e. The summed E-state index contributed by atoms with van der Waals surface area (Å²) in [5.74, 6) is 0. The van der Waals surface area contributed by atoms with Gasteiger partial charge in [-0.2, -0.15) is 0 Å². The topological polar surface area (TPSA) is 70.2 Å². The van der Waals surface area contributed by atoms with Gasteiger partial charge in [0, 0.05) is 45.6 Å². The van der Waals surface area contributed by atoms with Gasteiger partial charge in [-0.25, -0.2) is 9.97 Å². The maximum absolute atomic E-state index is 5.03. The molecule has 0 saturated heterocycles. The molecule has 5 heteroatoms. The van der Waals surface area contributed by atoms with Crippen molar-refractivity contribution < 1.29 is 0 Å². The molecule has 8 bridgehead atoms. The van der Waals surface area contributed by atoms with Gasteiger partial charge in [-0.1, -0.05) is 59.7 Å². The Morgan fingerprint density at radius 2 is 1.00 bits per heavy atom. The van der Waals surface area contributed by atoms with Crippen molar-refractivity contribution >= 4 is 46.4 Å². The molecular weight excluding hydrogens is 538 g/mol. The summed E-state index contributed by atoms with van der Waals surface area (Å²) in [7, 11) is 0. The number of hydrogen-bond acceptors (Lipinski definition) is 3. The molecule has 0 fully saturated rings. The summed E-state index contributed by atoms with van der Waals surface area (Å²) in [6.45, 7) is 13.7. The third-order valence-electron chi connectivity index (χ3n) is 8.32. The predicted molar refractivity (Wildman–Crippen MR) is 185 cm³/mol. The fourth-order valence-electron chi connectivity index (χ4n) is 5.84. The first-order valence-electron chi connectivity index (χ1n) is 15.2. The second kappa shape index (κ2) is 10.3. The van der Waals surface area contributed by atoms with Crippen molar-refractivity contribution in [3.05, 3.63) is 113 Å². The van der Waals surface area contributed by atoms with E-state index in [1.165, 1.54) is 16.7 Å². The Labute approximate surface area is 258 Å². The van der Waals surface area contributed by atoms with Crippen LogP contribution >= 0.6 is 0 Å². The van der Waals surface area contributed by atoms with E-state index in [1.807, 2.05) is 24.5 Å². The number of aromatic amines is 2. The van der Waals surface area contributed by atoms with E-state index in [0.29, 0.717) is 0 Å². The van der Waals surface area contributed by atoms with Crippen molar-refractivity contribution in [3.63, 3.8) is 0 Å². The SMILES string of the molecule is CC(C)(C)c1cc(-c2c3ccc(cc4nc(c(-c5ccncc5)c5nc(cc6ccc2[nH]6)C=C5)C=C4)[nH]3)cc(C(C)(C)C)c1. The molecule has 0 amide bonds. The van der Waals surface area contributed by atoms with Gasteiger partial charge in [0.15, 0.2) is 0 Å². The summed E-state index contributed by atoms with van der Waals surface area (Å²) in [5.41, 5.74) is 14.6. The van der Waals surface area contributed by atoms with E-state index >= 15 is 0 Å². The Hall–Kier alpha value is -5.03. The highest BCUT2D eigenvalue weighted by Crippen LogP contribution is 2.37. The predicted octanol–water partition coefficient (Wildman–Crippen LogP) is 9.98. The molecule has 5 nitrogen and oxygen atoms in total. The van der Waals surface area contributed by atoms with Crippen molar-refractivity contribution in [2.45, 2.75) is 52.4 Å². The van der Waals surface area contributed by atoms with Gasteiger partial charge in [0.1, 0.15) is 0 Å². The lowest BCUT2D eigenvalue weighted by Gasteiger charge is -2.26. The lowest BCUT2D eigenvalue weighted by molar-refractivity contribution is 0.569. The Morgan fingerprint density at radius 3 is 1.48 bits per heavy atom. The van der Waals surface area contributed by atoms with Crippen LogP contribution in [0.1, 0.15) is 75.4 Å². The standard InChI is InChI=1S/C39H37N5/c1-38(2,3)26-19-25(20-27(21-26)39(4,5)6)37-34-13-9-30(43-34)22-28-7-11-32(41-28)36(24-15-17-40-18-16-24)33-12-8-29(42-33)23-31-10-14-35(37)44-31/h7-23,43-44H,1-6H3. The minimum absolute atomic E-state index is 0.00663. The van der Waals surface area contributed by atoms with Gasteiger partial charge in [-0.15, -0.1) is 0 Å². The monoisotopic (exact) mass is 575 g/mol. The van der Waals surface area contributed by atoms with Crippen LogP contribution < -0.4 is 0 Å². The molecular formula is C39H37N5. The number of pyridine rings is 1. The Balaban J connectivity index is 1.56. The number of aromatic nitrogens is 5. The van der Waals surface area contributed by atoms with E-state index < -0.39 is 0 Å². The zero-order valence-electron chi connectivity index (χ0n) is 26.2. The molecule has 0 radical (unpaired) electrons. The fraction of sp³-hybridized carbons (Fsp3) is 0.205. The first-order valence-corrected chi connectivity index (χ1v) is 15.2. The van der Waals surface area contributed by atoms with Crippen LogP contribution in [0.3, 0.4) is 0 Å². The summed E-state index contributed by atoms with van der Waals surface area (Å²) in [6.07, 6.45) is 11.9. The van der Waals surface area contributed by atoms with Crippen LogP contribution in [0.4, 0.5) is 0 Å². The number of H-pyrrole nitrogens is 2. The van der Waals surface area contributed by atoms with Crippen LogP contribution in [-0.4, -0.2) is 24.9 Å². The van der Waals surface area contributed by atoms with Gasteiger partial charge in [-0.05, 0) is 106 Å². The quantitative estimate of drug-likeness (QED) is 0.215. The Bertz CT molecular complexity index is 2000. The van der Waals surface area contributed by atoms with Crippen LogP contribution in [0.15, 0.2) is 79.1 Å². The van der Waals surface area contributed by atoms with Crippen molar-refractivity contribution in [2.75, 3.05) is 0 Å². The fourth-order valence-corrected chi connectivity index (χ4v) is 5.84. The molecule has 2 aliphatic rings. The summed E-state index contributed by atoms with van der Waals surface area (Å²) >= 11 is 0. The average Bonchev–Trinajstić information content (AvgIpc) is 3.79. The van der Waals surface area contributed by atoms with Gasteiger partial charge in [0.25, 0.3) is 0 Å². The third-order valence-corrected chi connectivity index (χ3v) is 8.32. The molecule has 44 heavy (non-hydrogen) atoms. The van der Waals surface area contributed by atoms with Crippen molar-refractivity contribution in [2.24, 2.45) is 0 Å². The van der Waals surface area contributed by atoms with Gasteiger partial charge in [0.2, 0.25) is 0 Å². The van der Waals surface area contributed by atoms with Gasteiger partial charge < -0.3 is 9.97 Å². The van der Waals surface area contributed by atoms with Crippen LogP contribution in [0.25, 0.3) is 68.6 Å². The number of nitrogens with zero attached hydrogens (tertiary/aromatic N) is 3. The highest BCUT2D eigenvalue weighted by atomic mass is 14.8. The number of nitrogens with one attached hydrogen (secondary N) is 2. The first kappa shape index (κ1) is 27.8. The number of benzene rings is 1. The number of hydrogen-bond donors (Lipinski definition) is 2. The van der Waals surface area contributed by atoms with Crippen molar-refractivity contribution in [3.8, 4) is 22.3 Å². The number of fused-ring (bicyclic) bond motifs is 8. The second-order valence-corrected chi connectivity index (χ2v) is 13.7. The summed E-state index contributed by atoms with van der Waals surface area (Å²) in [5, 5.41) is 0. The Morgan fingerprint density at radius 1 is 0.500 bits per heavy atom. The normalized spacial score (nSPS) is 13.0. The lowest BCUT2D eigenvalue weighted by Crippen LogP contribution is -2.16. The molecule has 5 aromatic rings. The minimum Gasteiger partial charge on any atom is -0.355 e. The maximum Gasteiger partial charge on any atom is 0.0737 e. The van der Waals surface area contributed by atoms with Gasteiger partial charge in [-0.3, -0.25) is 4.98 Å². The molecule has 0 aliphatic carbocycles. The van der Waals surface area contributed by atoms with Gasteiger partial charge in [0.05, 0.1) is 22.8 Å². The number of rotatable bonds is 2. The van der Waals surface area contributed by atoms with Crippen LogP contribution in [-0.2, 0) is 10.8 Å². The van der Waals surface area contributed by atoms with Crippen molar-refractivity contribution in [1.82, 2.24) is 24.9 Å². The highest BCUT2D eigenvalue weighted by molar-refractivity contribution is 5.94. The zero-order valence-corrected chi connectivity index (χ0v) is 26.2. The van der Waals surface area contributed by atoms with E-state index in [1.54, 1.807) is 0 Å². The summed E-state index contributed by atoms with van der Waals surface area (Å²) in [4.78, 5) is 21.7. The summed E-state index contributed by atoms with van der Waals surface area (Å²) < 4.78 is 0. The molecule has 7 rings (SSSR count). The molecule has 0 atom stereocenters. The molecule has 6 heterocycles. The van der Waals surface area contributed by atoms with Crippen LogP contribution in [0.5, 0.6) is 0 Å². The summed E-state index contributed by atoms with van der Waals surface area (Å²) in [6, 6.07) is 23.9. The molecule has 4 aromatic heterocycles. The molecule has 0 unspecified atom stereocenters. The minimum atomic E-state index is 0.00663. The van der Waals surface area contributed by atoms with E-state index in [4.69, 9.17) is 9.97 Å². The second-order valence-electron chi connectivity index (χ2n) is 13.7. The van der Waals surface area contributed by atoms with Crippen LogP contribution in [0.2, 0.25) is 0 Å². The van der Waals surface area contributed by atoms with Crippen LogP contribution in [0, 0.1) is 0 Å². The maximum atomic E-state index is 5.03.